The van der Waals surface area contributed by atoms with Gasteiger partial charge in [0.15, 0.2) is 0 Å². The summed E-state index contributed by atoms with van der Waals surface area (Å²) in [5, 5.41) is 4.02. The van der Waals surface area contributed by atoms with E-state index in [4.69, 9.17) is 4.74 Å². The third-order valence-electron chi connectivity index (χ3n) is 3.04. The van der Waals surface area contributed by atoms with E-state index in [9.17, 15) is 4.79 Å². The Morgan fingerprint density at radius 1 is 1.44 bits per heavy atom. The minimum atomic E-state index is -0.0247. The van der Waals surface area contributed by atoms with Crippen LogP contribution in [0.1, 0.15) is 20.9 Å². The van der Waals surface area contributed by atoms with Crippen LogP contribution in [-0.4, -0.2) is 30.1 Å². The van der Waals surface area contributed by atoms with E-state index in [1.807, 2.05) is 26.0 Å². The van der Waals surface area contributed by atoms with Crippen LogP contribution in [0.25, 0.3) is 10.2 Å². The Bertz CT molecular complexity index is 617. The molecule has 0 radical (unpaired) electrons. The lowest BCUT2D eigenvalue weighted by molar-refractivity contribution is -0.00338. The molecule has 94 valence electrons. The number of nitrogens with zero attached hydrogens (tertiary/aromatic N) is 1. The van der Waals surface area contributed by atoms with Crippen LogP contribution in [0.5, 0.6) is 0 Å². The molecule has 2 aromatic rings. The van der Waals surface area contributed by atoms with E-state index < -0.39 is 0 Å². The Kier molecular flexibility index (Phi) is 2.80. The summed E-state index contributed by atoms with van der Waals surface area (Å²) < 4.78 is 5.04. The lowest BCUT2D eigenvalue weighted by Crippen LogP contribution is -2.48. The first-order valence-electron chi connectivity index (χ1n) is 5.90. The second-order valence-corrected chi connectivity index (χ2v) is 5.65. The van der Waals surface area contributed by atoms with Gasteiger partial charge in [0.1, 0.15) is 4.83 Å². The van der Waals surface area contributed by atoms with E-state index in [-0.39, 0.29) is 11.9 Å². The summed E-state index contributed by atoms with van der Waals surface area (Å²) in [7, 11) is 0. The van der Waals surface area contributed by atoms with Gasteiger partial charge in [-0.3, -0.25) is 4.79 Å². The fourth-order valence-electron chi connectivity index (χ4n) is 2.02. The number of carbonyl (C=O) groups is 1. The van der Waals surface area contributed by atoms with E-state index in [2.05, 4.69) is 10.3 Å². The molecule has 3 rings (SSSR count). The number of amides is 1. The number of thiophene rings is 1. The summed E-state index contributed by atoms with van der Waals surface area (Å²) in [6.45, 7) is 5.25. The molecule has 5 heteroatoms. The van der Waals surface area contributed by atoms with Gasteiger partial charge in [0, 0.05) is 11.1 Å². The quantitative estimate of drug-likeness (QED) is 0.901. The molecule has 18 heavy (non-hydrogen) atoms. The molecule has 0 aromatic carbocycles. The lowest BCUT2D eigenvalue weighted by atomic mass is 10.2. The predicted molar refractivity (Wildman–Crippen MR) is 71.2 cm³/mol. The fraction of sp³-hybridized carbons (Fsp3) is 0.385. The SMILES string of the molecule is Cc1cc(C)c2cc(C(=O)NC3COC3)sc2n1. The van der Waals surface area contributed by atoms with Crippen molar-refractivity contribution in [2.24, 2.45) is 0 Å². The molecule has 1 N–H and O–H groups in total. The van der Waals surface area contributed by atoms with Crippen molar-refractivity contribution in [2.45, 2.75) is 19.9 Å². The minimum absolute atomic E-state index is 0.0247. The molecule has 0 spiro atoms. The third-order valence-corrected chi connectivity index (χ3v) is 4.07. The number of hydrogen-bond acceptors (Lipinski definition) is 4. The first kappa shape index (κ1) is 11.6. The molecule has 0 aliphatic carbocycles. The predicted octanol–water partition coefficient (Wildman–Crippen LogP) is 2.04. The summed E-state index contributed by atoms with van der Waals surface area (Å²) in [6.07, 6.45) is 0. The van der Waals surface area contributed by atoms with Crippen molar-refractivity contribution in [2.75, 3.05) is 13.2 Å². The minimum Gasteiger partial charge on any atom is -0.377 e. The van der Waals surface area contributed by atoms with Crippen molar-refractivity contribution in [3.63, 3.8) is 0 Å². The number of aryl methyl sites for hydroxylation is 2. The monoisotopic (exact) mass is 262 g/mol. The van der Waals surface area contributed by atoms with Crippen molar-refractivity contribution in [3.05, 3.63) is 28.3 Å². The zero-order chi connectivity index (χ0) is 12.7. The Balaban J connectivity index is 1.92. The van der Waals surface area contributed by atoms with E-state index in [0.29, 0.717) is 13.2 Å². The Morgan fingerprint density at radius 2 is 2.22 bits per heavy atom. The zero-order valence-electron chi connectivity index (χ0n) is 10.3. The molecule has 1 saturated heterocycles. The second kappa shape index (κ2) is 4.33. The average Bonchev–Trinajstić information content (AvgIpc) is 2.67. The molecule has 0 saturated carbocycles. The standard InChI is InChI=1S/C13H14N2O2S/c1-7-3-8(2)14-13-10(7)4-11(18-13)12(16)15-9-5-17-6-9/h3-4,9H,5-6H2,1-2H3,(H,15,16). The van der Waals surface area contributed by atoms with Gasteiger partial charge in [0.2, 0.25) is 0 Å². The molecule has 1 amide bonds. The first-order chi connectivity index (χ1) is 8.63. The van der Waals surface area contributed by atoms with Crippen molar-refractivity contribution >= 4 is 27.5 Å². The van der Waals surface area contributed by atoms with Crippen LogP contribution < -0.4 is 5.32 Å². The maximum Gasteiger partial charge on any atom is 0.261 e. The molecule has 1 aliphatic heterocycles. The van der Waals surface area contributed by atoms with Gasteiger partial charge in [-0.2, -0.15) is 0 Å². The third kappa shape index (κ3) is 2.00. The Morgan fingerprint density at radius 3 is 2.89 bits per heavy atom. The van der Waals surface area contributed by atoms with Crippen LogP contribution in [-0.2, 0) is 4.74 Å². The number of nitrogens with one attached hydrogen (secondary N) is 1. The van der Waals surface area contributed by atoms with Gasteiger partial charge in [0.25, 0.3) is 5.91 Å². The zero-order valence-corrected chi connectivity index (χ0v) is 11.1. The molecule has 0 unspecified atom stereocenters. The van der Waals surface area contributed by atoms with Crippen molar-refractivity contribution < 1.29 is 9.53 Å². The number of fused-ring (bicyclic) bond motifs is 1. The smallest absolute Gasteiger partial charge is 0.261 e. The summed E-state index contributed by atoms with van der Waals surface area (Å²) in [4.78, 5) is 18.1. The number of ether oxygens (including phenoxy) is 1. The fourth-order valence-corrected chi connectivity index (χ4v) is 3.07. The highest BCUT2D eigenvalue weighted by atomic mass is 32.1. The topological polar surface area (TPSA) is 51.2 Å². The number of pyridine rings is 1. The first-order valence-corrected chi connectivity index (χ1v) is 6.71. The summed E-state index contributed by atoms with van der Waals surface area (Å²) in [5.41, 5.74) is 2.15. The van der Waals surface area contributed by atoms with Crippen molar-refractivity contribution in [1.29, 1.82) is 0 Å². The molecular formula is C13H14N2O2S. The van der Waals surface area contributed by atoms with Crippen LogP contribution in [0.3, 0.4) is 0 Å². The molecule has 1 aliphatic rings. The van der Waals surface area contributed by atoms with Gasteiger partial charge in [-0.15, -0.1) is 11.3 Å². The maximum atomic E-state index is 12.0. The molecule has 4 nitrogen and oxygen atoms in total. The number of rotatable bonds is 2. The van der Waals surface area contributed by atoms with Crippen LogP contribution in [0.4, 0.5) is 0 Å². The average molecular weight is 262 g/mol. The van der Waals surface area contributed by atoms with Crippen molar-refractivity contribution in [3.8, 4) is 0 Å². The van der Waals surface area contributed by atoms with Gasteiger partial charge in [-0.25, -0.2) is 4.98 Å². The molecule has 1 fully saturated rings. The van der Waals surface area contributed by atoms with Gasteiger partial charge < -0.3 is 10.1 Å². The van der Waals surface area contributed by atoms with E-state index in [0.717, 1.165) is 20.8 Å². The lowest BCUT2D eigenvalue weighted by Gasteiger charge is -2.26. The largest absolute Gasteiger partial charge is 0.377 e. The molecule has 3 heterocycles. The van der Waals surface area contributed by atoms with Gasteiger partial charge in [-0.05, 0) is 31.5 Å². The van der Waals surface area contributed by atoms with Gasteiger partial charge >= 0.3 is 0 Å². The summed E-state index contributed by atoms with van der Waals surface area (Å²) in [6, 6.07) is 4.13. The molecule has 0 bridgehead atoms. The molecule has 2 aromatic heterocycles. The van der Waals surface area contributed by atoms with E-state index in [1.165, 1.54) is 16.9 Å². The van der Waals surface area contributed by atoms with Crippen LogP contribution in [0.15, 0.2) is 12.1 Å². The van der Waals surface area contributed by atoms with Crippen LogP contribution >= 0.6 is 11.3 Å². The van der Waals surface area contributed by atoms with Crippen molar-refractivity contribution in [1.82, 2.24) is 10.3 Å². The highest BCUT2D eigenvalue weighted by Crippen LogP contribution is 2.27. The highest BCUT2D eigenvalue weighted by molar-refractivity contribution is 7.20. The Hall–Kier alpha value is -1.46. The van der Waals surface area contributed by atoms with Gasteiger partial charge in [0.05, 0.1) is 24.1 Å². The second-order valence-electron chi connectivity index (χ2n) is 4.62. The highest BCUT2D eigenvalue weighted by Gasteiger charge is 2.22. The van der Waals surface area contributed by atoms with E-state index >= 15 is 0 Å². The van der Waals surface area contributed by atoms with Gasteiger partial charge in [-0.1, -0.05) is 0 Å². The summed E-state index contributed by atoms with van der Waals surface area (Å²) >= 11 is 1.45. The number of hydrogen-bond donors (Lipinski definition) is 1. The molecular weight excluding hydrogens is 248 g/mol. The van der Waals surface area contributed by atoms with Crippen LogP contribution in [0, 0.1) is 13.8 Å². The molecule has 0 atom stereocenters. The number of aromatic nitrogens is 1. The summed E-state index contributed by atoms with van der Waals surface area (Å²) in [5.74, 6) is -0.0247. The maximum absolute atomic E-state index is 12.0. The van der Waals surface area contributed by atoms with E-state index in [1.54, 1.807) is 0 Å². The normalized spacial score (nSPS) is 15.7. The van der Waals surface area contributed by atoms with Crippen LogP contribution in [0.2, 0.25) is 0 Å². The number of carbonyl (C=O) groups excluding carboxylic acids is 1. The Labute approximate surface area is 109 Å².